The minimum absolute atomic E-state index is 0.0903. The summed E-state index contributed by atoms with van der Waals surface area (Å²) in [6.45, 7) is 0. The summed E-state index contributed by atoms with van der Waals surface area (Å²) in [5, 5.41) is -0.0903. The summed E-state index contributed by atoms with van der Waals surface area (Å²) < 4.78 is 36.8. The molecule has 0 aromatic carbocycles. The summed E-state index contributed by atoms with van der Waals surface area (Å²) in [6.07, 6.45) is -2.84. The van der Waals surface area contributed by atoms with Crippen molar-refractivity contribution >= 4 is 17.6 Å². The fourth-order valence-corrected chi connectivity index (χ4v) is 1.43. The van der Waals surface area contributed by atoms with E-state index in [1.807, 2.05) is 0 Å². The van der Waals surface area contributed by atoms with Crippen LogP contribution in [0.4, 0.5) is 19.0 Å². The first-order valence-corrected chi connectivity index (χ1v) is 4.55. The van der Waals surface area contributed by atoms with Crippen LogP contribution in [0.25, 0.3) is 0 Å². The normalized spacial score (nSPS) is 11.7. The van der Waals surface area contributed by atoms with E-state index < -0.39 is 11.7 Å². The molecule has 2 N–H and O–H groups in total. The summed E-state index contributed by atoms with van der Waals surface area (Å²) in [7, 11) is 0. The van der Waals surface area contributed by atoms with E-state index in [9.17, 15) is 13.2 Å². The Morgan fingerprint density at radius 1 is 1.38 bits per heavy atom. The average molecular weight is 208 g/mol. The minimum Gasteiger partial charge on any atom is -0.384 e. The van der Waals surface area contributed by atoms with Crippen LogP contribution >= 0.6 is 11.8 Å². The van der Waals surface area contributed by atoms with Gasteiger partial charge in [-0.3, -0.25) is 0 Å². The lowest BCUT2D eigenvalue weighted by atomic mass is 10.3. The smallest absolute Gasteiger partial charge is 0.384 e. The quantitative estimate of drug-likeness (QED) is 0.720. The average Bonchev–Trinajstić information content (AvgIpc) is 2.01. The molecule has 1 rings (SSSR count). The third-order valence-electron chi connectivity index (χ3n) is 1.38. The zero-order chi connectivity index (χ0) is 10.1. The molecule has 0 aliphatic carbocycles. The Hall–Kier alpha value is -0.910. The van der Waals surface area contributed by atoms with Crippen LogP contribution in [0.15, 0.2) is 17.2 Å². The van der Waals surface area contributed by atoms with Gasteiger partial charge in [-0.25, -0.2) is 4.98 Å². The lowest BCUT2D eigenvalue weighted by Gasteiger charge is -2.09. The first-order chi connectivity index (χ1) is 5.95. The van der Waals surface area contributed by atoms with Crippen LogP contribution in [0, 0.1) is 0 Å². The fraction of sp³-hybridized carbons (Fsp3) is 0.286. The topological polar surface area (TPSA) is 38.9 Å². The molecule has 72 valence electrons. The molecule has 0 atom stereocenters. The standard InChI is InChI=1S/C7H7F3N2S/c1-13-6-4(7(8,9)10)2-3-5(11)12-6/h2-3H,1H3,(H2,11,12). The first-order valence-electron chi connectivity index (χ1n) is 3.33. The van der Waals surface area contributed by atoms with Crippen molar-refractivity contribution in [3.05, 3.63) is 17.7 Å². The summed E-state index contributed by atoms with van der Waals surface area (Å²) >= 11 is 0.925. The molecule has 1 aromatic rings. The zero-order valence-electron chi connectivity index (χ0n) is 6.72. The lowest BCUT2D eigenvalue weighted by Crippen LogP contribution is -2.08. The zero-order valence-corrected chi connectivity index (χ0v) is 7.54. The van der Waals surface area contributed by atoms with Crippen LogP contribution in [-0.2, 0) is 6.18 Å². The van der Waals surface area contributed by atoms with Gasteiger partial charge in [0.2, 0.25) is 0 Å². The van der Waals surface area contributed by atoms with E-state index in [0.717, 1.165) is 23.9 Å². The van der Waals surface area contributed by atoms with Crippen molar-refractivity contribution < 1.29 is 13.2 Å². The number of hydrogen-bond donors (Lipinski definition) is 1. The van der Waals surface area contributed by atoms with Crippen molar-refractivity contribution in [3.8, 4) is 0 Å². The Labute approximate surface area is 77.3 Å². The van der Waals surface area contributed by atoms with Crippen LogP contribution < -0.4 is 5.73 Å². The van der Waals surface area contributed by atoms with Crippen LogP contribution in [0.3, 0.4) is 0 Å². The van der Waals surface area contributed by atoms with E-state index in [-0.39, 0.29) is 10.8 Å². The number of nitrogens with zero attached hydrogens (tertiary/aromatic N) is 1. The Bertz CT molecular complexity index is 311. The number of rotatable bonds is 1. The Morgan fingerprint density at radius 2 is 2.00 bits per heavy atom. The second-order valence-corrected chi connectivity index (χ2v) is 3.09. The molecule has 2 nitrogen and oxygen atoms in total. The van der Waals surface area contributed by atoms with Gasteiger partial charge < -0.3 is 5.73 Å². The minimum atomic E-state index is -4.36. The van der Waals surface area contributed by atoms with Gasteiger partial charge in [0.05, 0.1) is 5.56 Å². The predicted octanol–water partition coefficient (Wildman–Crippen LogP) is 2.40. The van der Waals surface area contributed by atoms with Gasteiger partial charge in [-0.05, 0) is 18.4 Å². The molecule has 6 heteroatoms. The predicted molar refractivity (Wildman–Crippen MR) is 45.4 cm³/mol. The SMILES string of the molecule is CSc1nc(N)ccc1C(F)(F)F. The number of nitrogens with two attached hydrogens (primary N) is 1. The van der Waals surface area contributed by atoms with E-state index in [4.69, 9.17) is 5.73 Å². The number of halogens is 3. The summed E-state index contributed by atoms with van der Waals surface area (Å²) in [6, 6.07) is 2.08. The van der Waals surface area contributed by atoms with Gasteiger partial charge in [-0.2, -0.15) is 13.2 Å². The Balaban J connectivity index is 3.22. The Kier molecular flexibility index (Phi) is 2.70. The third kappa shape index (κ3) is 2.27. The largest absolute Gasteiger partial charge is 0.419 e. The molecule has 0 fully saturated rings. The number of pyridine rings is 1. The summed E-state index contributed by atoms with van der Waals surface area (Å²) in [4.78, 5) is 3.58. The summed E-state index contributed by atoms with van der Waals surface area (Å²) in [5.74, 6) is 0.0948. The van der Waals surface area contributed by atoms with Gasteiger partial charge in [0.15, 0.2) is 0 Å². The highest BCUT2D eigenvalue weighted by molar-refractivity contribution is 7.98. The molecule has 0 aliphatic heterocycles. The monoisotopic (exact) mass is 208 g/mol. The molecule has 0 radical (unpaired) electrons. The molecular weight excluding hydrogens is 201 g/mol. The van der Waals surface area contributed by atoms with Crippen LogP contribution in [0.1, 0.15) is 5.56 Å². The molecule has 0 saturated carbocycles. The molecule has 1 aromatic heterocycles. The summed E-state index contributed by atoms with van der Waals surface area (Å²) in [5.41, 5.74) is 4.51. The van der Waals surface area contributed by atoms with Gasteiger partial charge in [0, 0.05) is 0 Å². The molecule has 0 aliphatic rings. The van der Waals surface area contributed by atoms with Gasteiger partial charge in [-0.15, -0.1) is 11.8 Å². The van der Waals surface area contributed by atoms with E-state index in [0.29, 0.717) is 0 Å². The highest BCUT2D eigenvalue weighted by Crippen LogP contribution is 2.35. The van der Waals surface area contributed by atoms with E-state index in [2.05, 4.69) is 4.98 Å². The molecule has 0 bridgehead atoms. The molecule has 0 spiro atoms. The second kappa shape index (κ2) is 3.45. The van der Waals surface area contributed by atoms with Crippen LogP contribution in [0.2, 0.25) is 0 Å². The van der Waals surface area contributed by atoms with Crippen molar-refractivity contribution in [3.63, 3.8) is 0 Å². The number of alkyl halides is 3. The van der Waals surface area contributed by atoms with Crippen molar-refractivity contribution in [1.82, 2.24) is 4.98 Å². The number of anilines is 1. The van der Waals surface area contributed by atoms with Gasteiger partial charge in [0.25, 0.3) is 0 Å². The number of thioether (sulfide) groups is 1. The van der Waals surface area contributed by atoms with E-state index in [1.165, 1.54) is 6.26 Å². The van der Waals surface area contributed by atoms with Crippen molar-refractivity contribution in [2.24, 2.45) is 0 Å². The fourth-order valence-electron chi connectivity index (χ4n) is 0.826. The number of aromatic nitrogens is 1. The maximum absolute atomic E-state index is 12.3. The second-order valence-electron chi connectivity index (χ2n) is 2.29. The van der Waals surface area contributed by atoms with Crippen molar-refractivity contribution in [2.75, 3.05) is 12.0 Å². The lowest BCUT2D eigenvalue weighted by molar-refractivity contribution is -0.140. The van der Waals surface area contributed by atoms with Gasteiger partial charge >= 0.3 is 6.18 Å². The molecular formula is C7H7F3N2S. The maximum atomic E-state index is 12.3. The highest BCUT2D eigenvalue weighted by atomic mass is 32.2. The molecule has 0 amide bonds. The van der Waals surface area contributed by atoms with Gasteiger partial charge in [0.1, 0.15) is 10.8 Å². The number of nitrogen functional groups attached to an aromatic ring is 1. The molecule has 13 heavy (non-hydrogen) atoms. The molecule has 0 unspecified atom stereocenters. The van der Waals surface area contributed by atoms with E-state index in [1.54, 1.807) is 0 Å². The first kappa shape index (κ1) is 10.2. The third-order valence-corrected chi connectivity index (χ3v) is 2.08. The van der Waals surface area contributed by atoms with E-state index >= 15 is 0 Å². The molecule has 1 heterocycles. The Morgan fingerprint density at radius 3 is 2.46 bits per heavy atom. The van der Waals surface area contributed by atoms with Gasteiger partial charge in [-0.1, -0.05) is 0 Å². The van der Waals surface area contributed by atoms with Crippen molar-refractivity contribution in [1.29, 1.82) is 0 Å². The number of hydrogen-bond acceptors (Lipinski definition) is 3. The van der Waals surface area contributed by atoms with Crippen LogP contribution in [-0.4, -0.2) is 11.2 Å². The molecule has 0 saturated heterocycles. The maximum Gasteiger partial charge on any atom is 0.419 e. The van der Waals surface area contributed by atoms with Crippen LogP contribution in [0.5, 0.6) is 0 Å². The van der Waals surface area contributed by atoms with Crippen molar-refractivity contribution in [2.45, 2.75) is 11.2 Å². The highest BCUT2D eigenvalue weighted by Gasteiger charge is 2.33.